The molecular formula is C20H25BrFN3O2. The molecule has 0 aliphatic rings. The molecule has 1 aromatic heterocycles. The molecule has 0 fully saturated rings. The van der Waals surface area contributed by atoms with Gasteiger partial charge in [0.25, 0.3) is 11.5 Å². The number of pyridine rings is 1. The second kappa shape index (κ2) is 9.17. The molecule has 0 bridgehead atoms. The molecule has 2 N–H and O–H groups in total. The number of aromatic nitrogens is 1. The minimum absolute atomic E-state index is 0.222. The number of rotatable bonds is 7. The van der Waals surface area contributed by atoms with E-state index in [1.54, 1.807) is 26.0 Å². The van der Waals surface area contributed by atoms with Crippen molar-refractivity contribution >= 4 is 21.8 Å². The van der Waals surface area contributed by atoms with E-state index in [1.165, 1.54) is 16.8 Å². The van der Waals surface area contributed by atoms with Gasteiger partial charge in [-0.05, 0) is 65.9 Å². The van der Waals surface area contributed by atoms with E-state index >= 15 is 0 Å². The van der Waals surface area contributed by atoms with Crippen molar-refractivity contribution in [1.82, 2.24) is 9.99 Å². The van der Waals surface area contributed by atoms with E-state index in [-0.39, 0.29) is 23.3 Å². The first-order chi connectivity index (χ1) is 12.8. The highest BCUT2D eigenvalue weighted by Crippen LogP contribution is 2.22. The summed E-state index contributed by atoms with van der Waals surface area (Å²) in [5, 5.41) is 3.01. The zero-order valence-corrected chi connectivity index (χ0v) is 17.6. The van der Waals surface area contributed by atoms with Crippen molar-refractivity contribution in [2.75, 3.05) is 12.0 Å². The number of hydrogen-bond donors (Lipinski definition) is 2. The Morgan fingerprint density at radius 3 is 2.41 bits per heavy atom. The van der Waals surface area contributed by atoms with Crippen LogP contribution < -0.4 is 16.3 Å². The molecule has 1 heterocycles. The molecule has 0 aliphatic heterocycles. The molecule has 0 saturated heterocycles. The summed E-state index contributed by atoms with van der Waals surface area (Å²) in [7, 11) is 0. The van der Waals surface area contributed by atoms with E-state index < -0.39 is 0 Å². The van der Waals surface area contributed by atoms with Crippen LogP contribution in [0.4, 0.5) is 4.39 Å². The van der Waals surface area contributed by atoms with Gasteiger partial charge < -0.3 is 10.7 Å². The van der Waals surface area contributed by atoms with Crippen molar-refractivity contribution in [3.05, 3.63) is 67.3 Å². The lowest BCUT2D eigenvalue weighted by molar-refractivity contribution is 0.0933. The lowest BCUT2D eigenvalue weighted by Gasteiger charge is -2.22. The topological polar surface area (TPSA) is 63.1 Å². The Morgan fingerprint density at radius 1 is 1.22 bits per heavy atom. The van der Waals surface area contributed by atoms with E-state index in [1.807, 2.05) is 13.8 Å². The van der Waals surface area contributed by atoms with Crippen LogP contribution in [0.1, 0.15) is 59.9 Å². The molecule has 0 unspecified atom stereocenters. The maximum absolute atomic E-state index is 13.2. The van der Waals surface area contributed by atoms with Crippen molar-refractivity contribution in [1.29, 1.82) is 0 Å². The maximum atomic E-state index is 13.2. The van der Waals surface area contributed by atoms with Gasteiger partial charge in [0.05, 0.1) is 21.8 Å². The van der Waals surface area contributed by atoms with Crippen LogP contribution in [0, 0.1) is 19.7 Å². The second-order valence-electron chi connectivity index (χ2n) is 6.43. The van der Waals surface area contributed by atoms with Gasteiger partial charge in [-0.15, -0.1) is 0 Å². The lowest BCUT2D eigenvalue weighted by atomic mass is 10.0. The number of hydrogen-bond acceptors (Lipinski definition) is 3. The SMILES string of the molecule is CCCNn1c(C)c(C(=O)N[C@@H](CC)c2ccc(F)cc2)c(C)c(Br)c1=O. The predicted molar refractivity (Wildman–Crippen MR) is 109 cm³/mol. The highest BCUT2D eigenvalue weighted by atomic mass is 79.9. The summed E-state index contributed by atoms with van der Waals surface area (Å²) in [6.07, 6.45) is 1.51. The Hall–Kier alpha value is -2.15. The zero-order valence-electron chi connectivity index (χ0n) is 16.0. The third-order valence-corrected chi connectivity index (χ3v) is 5.46. The fourth-order valence-corrected chi connectivity index (χ4v) is 3.37. The summed E-state index contributed by atoms with van der Waals surface area (Å²) in [6.45, 7) is 8.06. The normalized spacial score (nSPS) is 11.9. The summed E-state index contributed by atoms with van der Waals surface area (Å²) in [6, 6.07) is 5.85. The molecule has 1 atom stereocenters. The highest BCUT2D eigenvalue weighted by Gasteiger charge is 2.23. The third-order valence-electron chi connectivity index (χ3n) is 4.53. The first kappa shape index (κ1) is 21.2. The largest absolute Gasteiger partial charge is 0.345 e. The molecule has 5 nitrogen and oxygen atoms in total. The molecule has 0 spiro atoms. The van der Waals surface area contributed by atoms with Crippen LogP contribution in [-0.4, -0.2) is 17.1 Å². The predicted octanol–water partition coefficient (Wildman–Crippen LogP) is 4.20. The van der Waals surface area contributed by atoms with Gasteiger partial charge in [-0.2, -0.15) is 0 Å². The van der Waals surface area contributed by atoms with Crippen LogP contribution in [0.3, 0.4) is 0 Å². The van der Waals surface area contributed by atoms with Crippen molar-refractivity contribution in [3.8, 4) is 0 Å². The van der Waals surface area contributed by atoms with Gasteiger partial charge in [0, 0.05) is 6.54 Å². The highest BCUT2D eigenvalue weighted by molar-refractivity contribution is 9.10. The van der Waals surface area contributed by atoms with Gasteiger partial charge in [-0.1, -0.05) is 26.0 Å². The zero-order chi connectivity index (χ0) is 20.1. The van der Waals surface area contributed by atoms with Crippen molar-refractivity contribution < 1.29 is 9.18 Å². The second-order valence-corrected chi connectivity index (χ2v) is 7.23. The number of nitrogens with one attached hydrogen (secondary N) is 2. The molecule has 0 radical (unpaired) electrons. The van der Waals surface area contributed by atoms with Gasteiger partial charge in [-0.25, -0.2) is 9.07 Å². The van der Waals surface area contributed by atoms with E-state index in [0.29, 0.717) is 34.3 Å². The van der Waals surface area contributed by atoms with Crippen LogP contribution >= 0.6 is 15.9 Å². The Morgan fingerprint density at radius 2 is 1.85 bits per heavy atom. The number of carbonyl (C=O) groups is 1. The van der Waals surface area contributed by atoms with Gasteiger partial charge >= 0.3 is 0 Å². The molecule has 2 rings (SSSR count). The fraction of sp³-hybridized carbons (Fsp3) is 0.400. The van der Waals surface area contributed by atoms with E-state index in [0.717, 1.165) is 12.0 Å². The minimum Gasteiger partial charge on any atom is -0.345 e. The summed E-state index contributed by atoms with van der Waals surface area (Å²) >= 11 is 3.32. The minimum atomic E-state index is -0.315. The monoisotopic (exact) mass is 437 g/mol. The number of carbonyl (C=O) groups excluding carboxylic acids is 1. The molecule has 27 heavy (non-hydrogen) atoms. The summed E-state index contributed by atoms with van der Waals surface area (Å²) in [4.78, 5) is 25.5. The van der Waals surface area contributed by atoms with Crippen LogP contribution in [0.15, 0.2) is 33.5 Å². The molecule has 0 aliphatic carbocycles. The standard InChI is InChI=1S/C20H25BrFN3O2/c1-5-11-23-25-13(4)17(12(3)18(21)20(25)27)19(26)24-16(6-2)14-7-9-15(22)10-8-14/h7-10,16,23H,5-6,11H2,1-4H3,(H,24,26)/t16-/m0/s1. The van der Waals surface area contributed by atoms with Crippen LogP contribution in [-0.2, 0) is 0 Å². The van der Waals surface area contributed by atoms with Crippen molar-refractivity contribution in [2.24, 2.45) is 0 Å². The first-order valence-corrected chi connectivity index (χ1v) is 9.82. The van der Waals surface area contributed by atoms with Gasteiger partial charge in [0.15, 0.2) is 0 Å². The lowest BCUT2D eigenvalue weighted by Crippen LogP contribution is -2.37. The number of halogens is 2. The average molecular weight is 438 g/mol. The summed E-state index contributed by atoms with van der Waals surface area (Å²) < 4.78 is 15.0. The van der Waals surface area contributed by atoms with Crippen molar-refractivity contribution in [3.63, 3.8) is 0 Å². The van der Waals surface area contributed by atoms with Gasteiger partial charge in [0.2, 0.25) is 0 Å². The molecular weight excluding hydrogens is 413 g/mol. The van der Waals surface area contributed by atoms with Crippen LogP contribution in [0.2, 0.25) is 0 Å². The summed E-state index contributed by atoms with van der Waals surface area (Å²) in [5.41, 5.74) is 5.26. The fourth-order valence-electron chi connectivity index (χ4n) is 3.00. The number of nitrogens with zero attached hydrogens (tertiary/aromatic N) is 1. The smallest absolute Gasteiger partial charge is 0.283 e. The number of benzene rings is 1. The molecule has 2 aromatic rings. The van der Waals surface area contributed by atoms with Gasteiger partial charge in [-0.3, -0.25) is 9.59 Å². The maximum Gasteiger partial charge on any atom is 0.283 e. The quantitative estimate of drug-likeness (QED) is 0.681. The molecule has 1 amide bonds. The number of amides is 1. The molecule has 1 aromatic carbocycles. The van der Waals surface area contributed by atoms with Crippen LogP contribution in [0.25, 0.3) is 0 Å². The van der Waals surface area contributed by atoms with E-state index in [4.69, 9.17) is 0 Å². The third kappa shape index (κ3) is 4.58. The molecule has 7 heteroatoms. The Bertz CT molecular complexity index is 878. The first-order valence-electron chi connectivity index (χ1n) is 9.03. The Kier molecular flexibility index (Phi) is 7.18. The summed E-state index contributed by atoms with van der Waals surface area (Å²) in [5.74, 6) is -0.585. The molecule has 0 saturated carbocycles. The van der Waals surface area contributed by atoms with E-state index in [2.05, 4.69) is 26.7 Å². The van der Waals surface area contributed by atoms with Crippen molar-refractivity contribution in [2.45, 2.75) is 46.6 Å². The van der Waals surface area contributed by atoms with Gasteiger partial charge in [0.1, 0.15) is 5.82 Å². The average Bonchev–Trinajstić information content (AvgIpc) is 2.65. The van der Waals surface area contributed by atoms with Crippen LogP contribution in [0.5, 0.6) is 0 Å². The Balaban J connectivity index is 2.41. The molecule has 146 valence electrons. The van der Waals surface area contributed by atoms with E-state index in [9.17, 15) is 14.0 Å². The Labute approximate surface area is 167 Å².